The Balaban J connectivity index is 2.17. The van der Waals surface area contributed by atoms with E-state index in [2.05, 4.69) is 9.88 Å². The fourth-order valence-corrected chi connectivity index (χ4v) is 2.41. The van der Waals surface area contributed by atoms with Crippen LogP contribution in [0.25, 0.3) is 0 Å². The number of aliphatic hydroxyl groups excluding tert-OH is 1. The van der Waals surface area contributed by atoms with Gasteiger partial charge in [-0.05, 0) is 31.2 Å². The van der Waals surface area contributed by atoms with E-state index in [1.807, 2.05) is 49.6 Å². The average Bonchev–Trinajstić information content (AvgIpc) is 2.52. The third-order valence-corrected chi connectivity index (χ3v) is 3.52. The van der Waals surface area contributed by atoms with Crippen LogP contribution in [-0.2, 0) is 6.42 Å². The lowest BCUT2D eigenvalue weighted by molar-refractivity contribution is 0.194. The Morgan fingerprint density at radius 3 is 2.67 bits per heavy atom. The van der Waals surface area contributed by atoms with Gasteiger partial charge >= 0.3 is 0 Å². The van der Waals surface area contributed by atoms with Gasteiger partial charge in [0.2, 0.25) is 0 Å². The van der Waals surface area contributed by atoms with Crippen molar-refractivity contribution in [3.63, 3.8) is 0 Å². The summed E-state index contributed by atoms with van der Waals surface area (Å²) in [5, 5.41) is 10.0. The molecule has 112 valence electrons. The number of nitrogens with zero attached hydrogens (tertiary/aromatic N) is 2. The molecule has 21 heavy (non-hydrogen) atoms. The standard InChI is InChI=1S/C17H22N2O2/c1-13(20)17-15(8-6-9-16(17)21-3)19(2)12-10-14-7-4-5-11-18-14/h4-9,11,13,20H,10,12H2,1-3H3/t13-/m0/s1. The minimum Gasteiger partial charge on any atom is -0.496 e. The highest BCUT2D eigenvalue weighted by Crippen LogP contribution is 2.34. The maximum atomic E-state index is 10.0. The number of hydrogen-bond donors (Lipinski definition) is 1. The van der Waals surface area contributed by atoms with Gasteiger partial charge < -0.3 is 14.7 Å². The van der Waals surface area contributed by atoms with Crippen molar-refractivity contribution in [3.05, 3.63) is 53.9 Å². The molecule has 0 aliphatic heterocycles. The topological polar surface area (TPSA) is 45.6 Å². The Bertz CT molecular complexity index is 570. The van der Waals surface area contributed by atoms with Gasteiger partial charge in [0.05, 0.1) is 13.2 Å². The summed E-state index contributed by atoms with van der Waals surface area (Å²) < 4.78 is 5.36. The molecular weight excluding hydrogens is 264 g/mol. The second kappa shape index (κ2) is 7.09. The Morgan fingerprint density at radius 1 is 1.24 bits per heavy atom. The van der Waals surface area contributed by atoms with Crippen LogP contribution in [-0.4, -0.2) is 30.8 Å². The van der Waals surface area contributed by atoms with Gasteiger partial charge in [-0.1, -0.05) is 12.1 Å². The molecule has 4 heteroatoms. The maximum Gasteiger partial charge on any atom is 0.126 e. The summed E-state index contributed by atoms with van der Waals surface area (Å²) >= 11 is 0. The highest BCUT2D eigenvalue weighted by molar-refractivity contribution is 5.60. The molecular formula is C17H22N2O2. The second-order valence-electron chi connectivity index (χ2n) is 5.06. The van der Waals surface area contributed by atoms with E-state index in [-0.39, 0.29) is 0 Å². The number of pyridine rings is 1. The number of rotatable bonds is 6. The molecule has 0 aliphatic carbocycles. The second-order valence-corrected chi connectivity index (χ2v) is 5.06. The molecule has 0 unspecified atom stereocenters. The van der Waals surface area contributed by atoms with Gasteiger partial charge in [-0.15, -0.1) is 0 Å². The van der Waals surface area contributed by atoms with Crippen LogP contribution in [0.3, 0.4) is 0 Å². The van der Waals surface area contributed by atoms with E-state index in [9.17, 15) is 5.11 Å². The van der Waals surface area contributed by atoms with Gasteiger partial charge in [-0.3, -0.25) is 4.98 Å². The molecule has 4 nitrogen and oxygen atoms in total. The lowest BCUT2D eigenvalue weighted by Crippen LogP contribution is -2.22. The summed E-state index contributed by atoms with van der Waals surface area (Å²) in [6, 6.07) is 11.8. The molecule has 0 aliphatic rings. The fourth-order valence-electron chi connectivity index (χ4n) is 2.41. The van der Waals surface area contributed by atoms with Gasteiger partial charge in [0.25, 0.3) is 0 Å². The van der Waals surface area contributed by atoms with Crippen LogP contribution in [0.4, 0.5) is 5.69 Å². The van der Waals surface area contributed by atoms with Gasteiger partial charge in [0, 0.05) is 43.2 Å². The molecule has 2 rings (SSSR count). The van der Waals surface area contributed by atoms with E-state index in [0.717, 1.165) is 29.9 Å². The molecule has 1 aromatic heterocycles. The monoisotopic (exact) mass is 286 g/mol. The van der Waals surface area contributed by atoms with Crippen LogP contribution in [0, 0.1) is 0 Å². The van der Waals surface area contributed by atoms with Gasteiger partial charge in [0.1, 0.15) is 5.75 Å². The number of aromatic nitrogens is 1. The van der Waals surface area contributed by atoms with Crippen molar-refractivity contribution in [1.82, 2.24) is 4.98 Å². The Morgan fingerprint density at radius 2 is 2.05 bits per heavy atom. The Kier molecular flexibility index (Phi) is 5.17. The predicted octanol–water partition coefficient (Wildman–Crippen LogP) is 2.82. The van der Waals surface area contributed by atoms with Crippen LogP contribution < -0.4 is 9.64 Å². The van der Waals surface area contributed by atoms with Crippen molar-refractivity contribution in [2.24, 2.45) is 0 Å². The SMILES string of the molecule is COc1cccc(N(C)CCc2ccccn2)c1[C@H](C)O. The third-order valence-electron chi connectivity index (χ3n) is 3.52. The number of ether oxygens (including phenoxy) is 1. The molecule has 0 spiro atoms. The first kappa shape index (κ1) is 15.3. The lowest BCUT2D eigenvalue weighted by Gasteiger charge is -2.25. The number of hydrogen-bond acceptors (Lipinski definition) is 4. The van der Waals surface area contributed by atoms with Crippen LogP contribution in [0.5, 0.6) is 5.75 Å². The third kappa shape index (κ3) is 3.73. The average molecular weight is 286 g/mol. The smallest absolute Gasteiger partial charge is 0.126 e. The van der Waals surface area contributed by atoms with Crippen molar-refractivity contribution in [2.45, 2.75) is 19.4 Å². The number of methoxy groups -OCH3 is 1. The van der Waals surface area contributed by atoms with E-state index in [1.54, 1.807) is 14.0 Å². The van der Waals surface area contributed by atoms with E-state index in [0.29, 0.717) is 5.75 Å². The summed E-state index contributed by atoms with van der Waals surface area (Å²) in [5.41, 5.74) is 2.87. The molecule has 1 atom stereocenters. The number of likely N-dealkylation sites (N-methyl/N-ethyl adjacent to an activating group) is 1. The van der Waals surface area contributed by atoms with Crippen LogP contribution in [0.2, 0.25) is 0 Å². The predicted molar refractivity (Wildman–Crippen MR) is 84.8 cm³/mol. The molecule has 0 bridgehead atoms. The Labute approximate surface area is 126 Å². The zero-order valence-corrected chi connectivity index (χ0v) is 12.8. The molecule has 0 saturated carbocycles. The quantitative estimate of drug-likeness (QED) is 0.887. The first-order chi connectivity index (χ1) is 10.1. The van der Waals surface area contributed by atoms with Crippen molar-refractivity contribution in [1.29, 1.82) is 0 Å². The summed E-state index contributed by atoms with van der Waals surface area (Å²) in [5.74, 6) is 0.715. The van der Waals surface area contributed by atoms with Crippen LogP contribution >= 0.6 is 0 Å². The van der Waals surface area contributed by atoms with Gasteiger partial charge in [-0.25, -0.2) is 0 Å². The molecule has 1 aromatic carbocycles. The van der Waals surface area contributed by atoms with E-state index in [4.69, 9.17) is 4.74 Å². The molecule has 0 saturated heterocycles. The molecule has 0 amide bonds. The summed E-state index contributed by atoms with van der Waals surface area (Å²) in [6.45, 7) is 2.58. The molecule has 2 aromatic rings. The minimum absolute atomic E-state index is 0.576. The van der Waals surface area contributed by atoms with Crippen LogP contribution in [0.1, 0.15) is 24.3 Å². The summed E-state index contributed by atoms with van der Waals surface area (Å²) in [6.07, 6.45) is 2.09. The summed E-state index contributed by atoms with van der Waals surface area (Å²) in [7, 11) is 3.64. The highest BCUT2D eigenvalue weighted by atomic mass is 16.5. The van der Waals surface area contributed by atoms with E-state index in [1.165, 1.54) is 0 Å². The zero-order valence-electron chi connectivity index (χ0n) is 12.8. The Hall–Kier alpha value is -2.07. The number of aliphatic hydroxyl groups is 1. The van der Waals surface area contributed by atoms with Crippen molar-refractivity contribution >= 4 is 5.69 Å². The first-order valence-electron chi connectivity index (χ1n) is 7.09. The minimum atomic E-state index is -0.576. The molecule has 1 heterocycles. The first-order valence-corrected chi connectivity index (χ1v) is 7.09. The maximum absolute atomic E-state index is 10.0. The van der Waals surface area contributed by atoms with Gasteiger partial charge in [0.15, 0.2) is 0 Å². The number of anilines is 1. The van der Waals surface area contributed by atoms with Gasteiger partial charge in [-0.2, -0.15) is 0 Å². The van der Waals surface area contributed by atoms with Crippen LogP contribution in [0.15, 0.2) is 42.6 Å². The lowest BCUT2D eigenvalue weighted by atomic mass is 10.1. The van der Waals surface area contributed by atoms with Crippen molar-refractivity contribution in [2.75, 3.05) is 25.6 Å². The summed E-state index contributed by atoms with van der Waals surface area (Å²) in [4.78, 5) is 6.46. The van der Waals surface area contributed by atoms with Crippen molar-refractivity contribution < 1.29 is 9.84 Å². The zero-order chi connectivity index (χ0) is 15.2. The van der Waals surface area contributed by atoms with E-state index < -0.39 is 6.10 Å². The molecule has 1 N–H and O–H groups in total. The number of benzene rings is 1. The molecule has 0 fully saturated rings. The highest BCUT2D eigenvalue weighted by Gasteiger charge is 2.16. The normalized spacial score (nSPS) is 12.0. The van der Waals surface area contributed by atoms with Crippen molar-refractivity contribution in [3.8, 4) is 5.75 Å². The largest absolute Gasteiger partial charge is 0.496 e. The van der Waals surface area contributed by atoms with E-state index >= 15 is 0 Å². The fraction of sp³-hybridized carbons (Fsp3) is 0.353. The molecule has 0 radical (unpaired) electrons.